The Bertz CT molecular complexity index is 567. The number of amides is 1. The monoisotopic (exact) mass is 286 g/mol. The Morgan fingerprint density at radius 1 is 1.42 bits per heavy atom. The van der Waals surface area contributed by atoms with Crippen LogP contribution in [0.3, 0.4) is 0 Å². The molecule has 1 aromatic heterocycles. The van der Waals surface area contributed by atoms with E-state index in [1.54, 1.807) is 0 Å². The quantitative estimate of drug-likeness (QED) is 0.825. The van der Waals surface area contributed by atoms with Gasteiger partial charge >= 0.3 is 10.1 Å². The van der Waals surface area contributed by atoms with Gasteiger partial charge in [-0.3, -0.25) is 4.79 Å². The SMILES string of the molecule is CCC(C)(C)NC(=O)c1cccc(OS(C)(=O)=O)n1. The van der Waals surface area contributed by atoms with Gasteiger partial charge in [0.15, 0.2) is 0 Å². The summed E-state index contributed by atoms with van der Waals surface area (Å²) in [4.78, 5) is 15.8. The highest BCUT2D eigenvalue weighted by molar-refractivity contribution is 7.86. The van der Waals surface area contributed by atoms with Crippen LogP contribution in [0.1, 0.15) is 37.7 Å². The molecule has 0 spiro atoms. The number of carbonyl (C=O) groups is 1. The maximum Gasteiger partial charge on any atom is 0.307 e. The second-order valence-electron chi connectivity index (χ2n) is 4.84. The highest BCUT2D eigenvalue weighted by Gasteiger charge is 2.20. The summed E-state index contributed by atoms with van der Waals surface area (Å²) in [5, 5.41) is 2.81. The van der Waals surface area contributed by atoms with E-state index in [0.29, 0.717) is 0 Å². The molecule has 1 amide bonds. The molecule has 19 heavy (non-hydrogen) atoms. The van der Waals surface area contributed by atoms with Gasteiger partial charge in [-0.2, -0.15) is 8.42 Å². The third-order valence-corrected chi connectivity index (χ3v) is 3.00. The van der Waals surface area contributed by atoms with E-state index in [2.05, 4.69) is 14.5 Å². The standard InChI is InChI=1S/C12H18N2O4S/c1-5-12(2,3)14-11(15)9-7-6-8-10(13-9)18-19(4,16)17/h6-8H,5H2,1-4H3,(H,14,15). The Morgan fingerprint density at radius 2 is 2.05 bits per heavy atom. The Hall–Kier alpha value is -1.63. The number of hydrogen-bond donors (Lipinski definition) is 1. The molecule has 1 N–H and O–H groups in total. The molecule has 1 aromatic rings. The fourth-order valence-electron chi connectivity index (χ4n) is 1.20. The zero-order valence-electron chi connectivity index (χ0n) is 11.4. The third kappa shape index (κ3) is 5.25. The number of carbonyl (C=O) groups excluding carboxylic acids is 1. The first-order valence-electron chi connectivity index (χ1n) is 5.82. The van der Waals surface area contributed by atoms with E-state index in [4.69, 9.17) is 0 Å². The molecule has 1 rings (SSSR count). The summed E-state index contributed by atoms with van der Waals surface area (Å²) in [5.41, 5.74) is -0.241. The number of nitrogens with zero attached hydrogens (tertiary/aromatic N) is 1. The molecule has 0 aliphatic rings. The molecule has 0 bridgehead atoms. The Labute approximate surface area is 113 Å². The van der Waals surface area contributed by atoms with Gasteiger partial charge in [-0.15, -0.1) is 0 Å². The van der Waals surface area contributed by atoms with Gasteiger partial charge in [0.1, 0.15) is 5.69 Å². The summed E-state index contributed by atoms with van der Waals surface area (Å²) >= 11 is 0. The number of pyridine rings is 1. The van der Waals surface area contributed by atoms with Gasteiger partial charge in [0.2, 0.25) is 5.88 Å². The minimum absolute atomic E-state index is 0.114. The van der Waals surface area contributed by atoms with Gasteiger partial charge in [0.25, 0.3) is 5.91 Å². The van der Waals surface area contributed by atoms with E-state index in [-0.39, 0.29) is 23.0 Å². The number of aromatic nitrogens is 1. The second kappa shape index (κ2) is 5.56. The molecule has 0 aliphatic heterocycles. The first kappa shape index (κ1) is 15.4. The van der Waals surface area contributed by atoms with Crippen LogP contribution in [-0.2, 0) is 10.1 Å². The van der Waals surface area contributed by atoms with E-state index in [9.17, 15) is 13.2 Å². The summed E-state index contributed by atoms with van der Waals surface area (Å²) in [6.45, 7) is 5.74. The normalized spacial score (nSPS) is 12.0. The Morgan fingerprint density at radius 3 is 2.58 bits per heavy atom. The minimum atomic E-state index is -3.65. The highest BCUT2D eigenvalue weighted by atomic mass is 32.2. The lowest BCUT2D eigenvalue weighted by Crippen LogP contribution is -2.43. The van der Waals surface area contributed by atoms with Crippen molar-refractivity contribution in [1.29, 1.82) is 0 Å². The average molecular weight is 286 g/mol. The summed E-state index contributed by atoms with van der Waals surface area (Å²) < 4.78 is 26.6. The Kier molecular flexibility index (Phi) is 4.52. The van der Waals surface area contributed by atoms with Gasteiger partial charge in [-0.05, 0) is 26.3 Å². The number of rotatable bonds is 5. The van der Waals surface area contributed by atoms with E-state index in [1.807, 2.05) is 20.8 Å². The second-order valence-corrected chi connectivity index (χ2v) is 6.41. The van der Waals surface area contributed by atoms with Crippen LogP contribution in [0.15, 0.2) is 18.2 Å². The first-order valence-corrected chi connectivity index (χ1v) is 7.63. The average Bonchev–Trinajstić information content (AvgIpc) is 2.26. The van der Waals surface area contributed by atoms with Gasteiger partial charge in [0, 0.05) is 11.6 Å². The fraction of sp³-hybridized carbons (Fsp3) is 0.500. The smallest absolute Gasteiger partial charge is 0.307 e. The maximum atomic E-state index is 12.0. The van der Waals surface area contributed by atoms with Crippen molar-refractivity contribution in [3.05, 3.63) is 23.9 Å². The maximum absolute atomic E-state index is 12.0. The summed E-state index contributed by atoms with van der Waals surface area (Å²) in [5.74, 6) is -0.491. The first-order chi connectivity index (χ1) is 8.63. The molecule has 0 unspecified atom stereocenters. The molecule has 0 aromatic carbocycles. The molecule has 0 aliphatic carbocycles. The molecular formula is C12H18N2O4S. The van der Waals surface area contributed by atoms with Crippen molar-refractivity contribution in [1.82, 2.24) is 10.3 Å². The third-order valence-electron chi connectivity index (χ3n) is 2.53. The number of nitrogens with one attached hydrogen (secondary N) is 1. The molecule has 7 heteroatoms. The van der Waals surface area contributed by atoms with Crippen LogP contribution in [0.2, 0.25) is 0 Å². The molecule has 106 valence electrons. The van der Waals surface area contributed by atoms with Gasteiger partial charge in [-0.25, -0.2) is 4.98 Å². The number of hydrogen-bond acceptors (Lipinski definition) is 5. The minimum Gasteiger partial charge on any atom is -0.362 e. The molecule has 0 atom stereocenters. The molecule has 1 heterocycles. The highest BCUT2D eigenvalue weighted by Crippen LogP contribution is 2.12. The van der Waals surface area contributed by atoms with E-state index >= 15 is 0 Å². The van der Waals surface area contributed by atoms with Crippen LogP contribution in [0.25, 0.3) is 0 Å². The lowest BCUT2D eigenvalue weighted by atomic mass is 10.0. The predicted octanol–water partition coefficient (Wildman–Crippen LogP) is 1.34. The van der Waals surface area contributed by atoms with Crippen LogP contribution < -0.4 is 9.50 Å². The lowest BCUT2D eigenvalue weighted by Gasteiger charge is -2.24. The molecule has 0 fully saturated rings. The van der Waals surface area contributed by atoms with Crippen LogP contribution in [0.5, 0.6) is 5.88 Å². The predicted molar refractivity (Wildman–Crippen MR) is 71.5 cm³/mol. The van der Waals surface area contributed by atoms with Gasteiger partial charge in [-0.1, -0.05) is 13.0 Å². The van der Waals surface area contributed by atoms with Crippen molar-refractivity contribution in [3.8, 4) is 5.88 Å². The van der Waals surface area contributed by atoms with Crippen molar-refractivity contribution in [2.24, 2.45) is 0 Å². The van der Waals surface area contributed by atoms with E-state index in [1.165, 1.54) is 18.2 Å². The summed E-state index contributed by atoms with van der Waals surface area (Å²) in [6.07, 6.45) is 1.68. The molecule has 6 nitrogen and oxygen atoms in total. The Balaban J connectivity index is 2.91. The topological polar surface area (TPSA) is 85.4 Å². The van der Waals surface area contributed by atoms with E-state index in [0.717, 1.165) is 12.7 Å². The zero-order chi connectivity index (χ0) is 14.7. The summed E-state index contributed by atoms with van der Waals surface area (Å²) in [7, 11) is -3.65. The van der Waals surface area contributed by atoms with E-state index < -0.39 is 10.1 Å². The molecule has 0 radical (unpaired) electrons. The summed E-state index contributed by atoms with van der Waals surface area (Å²) in [6, 6.07) is 4.39. The molecule has 0 saturated carbocycles. The molecular weight excluding hydrogens is 268 g/mol. The molecule has 0 saturated heterocycles. The van der Waals surface area contributed by atoms with Gasteiger partial charge in [0.05, 0.1) is 6.26 Å². The van der Waals surface area contributed by atoms with Crippen LogP contribution in [0.4, 0.5) is 0 Å². The van der Waals surface area contributed by atoms with Gasteiger partial charge < -0.3 is 9.50 Å². The fourth-order valence-corrected chi connectivity index (χ4v) is 1.61. The zero-order valence-corrected chi connectivity index (χ0v) is 12.2. The largest absolute Gasteiger partial charge is 0.362 e. The van der Waals surface area contributed by atoms with Crippen LogP contribution in [-0.4, -0.2) is 31.1 Å². The van der Waals surface area contributed by atoms with Crippen molar-refractivity contribution >= 4 is 16.0 Å². The van der Waals surface area contributed by atoms with Crippen molar-refractivity contribution in [2.45, 2.75) is 32.7 Å². The lowest BCUT2D eigenvalue weighted by molar-refractivity contribution is 0.0905. The van der Waals surface area contributed by atoms with Crippen LogP contribution >= 0.6 is 0 Å². The van der Waals surface area contributed by atoms with Crippen molar-refractivity contribution in [3.63, 3.8) is 0 Å². The van der Waals surface area contributed by atoms with Crippen molar-refractivity contribution in [2.75, 3.05) is 6.26 Å². The van der Waals surface area contributed by atoms with Crippen LogP contribution in [0, 0.1) is 0 Å². The van der Waals surface area contributed by atoms with Crippen molar-refractivity contribution < 1.29 is 17.4 Å².